The second kappa shape index (κ2) is 10.2. The Bertz CT molecular complexity index is 1750. The molecule has 0 aliphatic carbocycles. The number of nitrogens with one attached hydrogen (secondary N) is 2. The summed E-state index contributed by atoms with van der Waals surface area (Å²) in [6.45, 7) is 0.282. The van der Waals surface area contributed by atoms with Crippen LogP contribution < -0.4 is 36.7 Å². The molecule has 4 N–H and O–H groups in total. The summed E-state index contributed by atoms with van der Waals surface area (Å²) in [7, 11) is 1.44. The number of anilines is 3. The van der Waals surface area contributed by atoms with Crippen molar-refractivity contribution in [3.63, 3.8) is 0 Å². The summed E-state index contributed by atoms with van der Waals surface area (Å²) in [5.41, 5.74) is 6.38. The van der Waals surface area contributed by atoms with E-state index in [1.54, 1.807) is 60.9 Å². The Balaban J connectivity index is 1.37. The van der Waals surface area contributed by atoms with Crippen molar-refractivity contribution in [3.8, 4) is 17.2 Å². The number of aromatic nitrogens is 2. The van der Waals surface area contributed by atoms with E-state index in [1.165, 1.54) is 7.11 Å². The number of carbonyl (C=O) groups excluding carboxylic acids is 1. The highest BCUT2D eigenvalue weighted by Gasteiger charge is 2.22. The van der Waals surface area contributed by atoms with Crippen molar-refractivity contribution in [2.24, 2.45) is 5.73 Å². The van der Waals surface area contributed by atoms with Crippen LogP contribution in [0.2, 0.25) is 5.02 Å². The minimum atomic E-state index is -0.649. The molecule has 0 radical (unpaired) electrons. The number of halogens is 1. The normalized spacial score (nSPS) is 10.9. The van der Waals surface area contributed by atoms with E-state index < -0.39 is 16.8 Å². The molecule has 0 fully saturated rings. The van der Waals surface area contributed by atoms with Gasteiger partial charge in [-0.2, -0.15) is 0 Å². The maximum absolute atomic E-state index is 12.2. The van der Waals surface area contributed by atoms with Crippen molar-refractivity contribution < 1.29 is 14.3 Å². The average Bonchev–Trinajstić information content (AvgIpc) is 2.93. The lowest BCUT2D eigenvalue weighted by Crippen LogP contribution is -2.36. The Labute approximate surface area is 220 Å². The molecule has 190 valence electrons. The largest absolute Gasteiger partial charge is 0.496 e. The Kier molecular flexibility index (Phi) is 6.63. The predicted molar refractivity (Wildman–Crippen MR) is 145 cm³/mol. The third-order valence-electron chi connectivity index (χ3n) is 5.80. The van der Waals surface area contributed by atoms with Gasteiger partial charge in [-0.15, -0.1) is 0 Å². The molecule has 11 heteroatoms. The van der Waals surface area contributed by atoms with Gasteiger partial charge in [-0.1, -0.05) is 17.7 Å². The zero-order valence-electron chi connectivity index (χ0n) is 19.9. The summed E-state index contributed by atoms with van der Waals surface area (Å²) in [5.74, 6) is 0.466. The molecule has 0 unspecified atom stereocenters. The average molecular weight is 530 g/mol. The van der Waals surface area contributed by atoms with E-state index in [4.69, 9.17) is 26.8 Å². The minimum Gasteiger partial charge on any atom is -0.496 e. The van der Waals surface area contributed by atoms with Crippen molar-refractivity contribution in [1.29, 1.82) is 0 Å². The number of hydrogen-bond acceptors (Lipinski definition) is 9. The fourth-order valence-electron chi connectivity index (χ4n) is 3.88. The number of nitrogens with two attached hydrogens (primary N) is 1. The van der Waals surface area contributed by atoms with E-state index >= 15 is 0 Å². The Hall–Kier alpha value is -4.96. The number of benzene rings is 2. The first kappa shape index (κ1) is 24.7. The molecule has 0 atom stereocenters. The molecule has 0 aliphatic heterocycles. The number of amides is 1. The van der Waals surface area contributed by atoms with Gasteiger partial charge in [0, 0.05) is 29.9 Å². The molecule has 5 rings (SSSR count). The number of fused-ring (bicyclic) bond motifs is 1. The number of pyridine rings is 2. The number of carbonyl (C=O) groups is 1. The van der Waals surface area contributed by atoms with Crippen LogP contribution in [0.5, 0.6) is 17.2 Å². The number of primary amides is 1. The number of rotatable bonds is 9. The predicted octanol–water partition coefficient (Wildman–Crippen LogP) is 4.13. The number of ether oxygens (including phenoxy) is 2. The summed E-state index contributed by atoms with van der Waals surface area (Å²) in [6, 6.07) is 15.0. The molecule has 5 aromatic rings. The van der Waals surface area contributed by atoms with Gasteiger partial charge >= 0.3 is 0 Å². The third kappa shape index (κ3) is 4.72. The second-order valence-electron chi connectivity index (χ2n) is 8.19. The van der Waals surface area contributed by atoms with E-state index in [1.807, 2.05) is 6.07 Å². The van der Waals surface area contributed by atoms with Gasteiger partial charge in [-0.3, -0.25) is 24.4 Å². The zero-order chi connectivity index (χ0) is 26.8. The van der Waals surface area contributed by atoms with Crippen molar-refractivity contribution in [2.75, 3.05) is 17.7 Å². The fourth-order valence-corrected chi connectivity index (χ4v) is 4.10. The molecular formula is C27H20ClN5O5. The van der Waals surface area contributed by atoms with Crippen LogP contribution in [0.25, 0.3) is 10.9 Å². The quantitative estimate of drug-likeness (QED) is 0.240. The van der Waals surface area contributed by atoms with Crippen LogP contribution in [0.4, 0.5) is 17.1 Å². The summed E-state index contributed by atoms with van der Waals surface area (Å²) < 4.78 is 11.3. The van der Waals surface area contributed by atoms with Gasteiger partial charge < -0.3 is 25.8 Å². The molecule has 38 heavy (non-hydrogen) atoms. The van der Waals surface area contributed by atoms with E-state index in [9.17, 15) is 14.4 Å². The first-order valence-corrected chi connectivity index (χ1v) is 11.7. The Morgan fingerprint density at radius 1 is 0.974 bits per heavy atom. The molecule has 0 bridgehead atoms. The van der Waals surface area contributed by atoms with Crippen LogP contribution in [0.3, 0.4) is 0 Å². The van der Waals surface area contributed by atoms with Crippen LogP contribution in [0.15, 0.2) is 76.6 Å². The highest BCUT2D eigenvalue weighted by Crippen LogP contribution is 2.36. The molecule has 3 aromatic carbocycles. The molecule has 0 aliphatic rings. The molecule has 10 nitrogen and oxygen atoms in total. The Morgan fingerprint density at radius 3 is 2.50 bits per heavy atom. The zero-order valence-corrected chi connectivity index (χ0v) is 20.7. The van der Waals surface area contributed by atoms with Crippen molar-refractivity contribution >= 4 is 45.5 Å². The molecule has 0 spiro atoms. The van der Waals surface area contributed by atoms with Gasteiger partial charge in [0.15, 0.2) is 0 Å². The number of nitrogens with zero attached hydrogens (tertiary/aromatic N) is 2. The molecular weight excluding hydrogens is 510 g/mol. The fraction of sp³-hybridized carbons (Fsp3) is 0.0741. The highest BCUT2D eigenvalue weighted by molar-refractivity contribution is 6.33. The summed E-state index contributed by atoms with van der Waals surface area (Å²) in [6.07, 6.45) is 3.20. The summed E-state index contributed by atoms with van der Waals surface area (Å²) in [5, 5.41) is 6.69. The van der Waals surface area contributed by atoms with Gasteiger partial charge in [0.05, 0.1) is 41.1 Å². The lowest BCUT2D eigenvalue weighted by atomic mass is 10.1. The van der Waals surface area contributed by atoms with Crippen LogP contribution in [-0.4, -0.2) is 23.0 Å². The van der Waals surface area contributed by atoms with E-state index in [2.05, 4.69) is 20.6 Å². The molecule has 1 amide bonds. The van der Waals surface area contributed by atoms with Crippen LogP contribution in [0, 0.1) is 0 Å². The summed E-state index contributed by atoms with van der Waals surface area (Å²) >= 11 is 6.47. The highest BCUT2D eigenvalue weighted by atomic mass is 35.5. The number of methoxy groups -OCH3 is 1. The van der Waals surface area contributed by atoms with Gasteiger partial charge in [-0.25, -0.2) is 0 Å². The standard InChI is InChI=1S/C27H20ClN5O5/c1-37-22-12-20-16(11-17(22)27(29)36)21(7-9-31-20)38-15-5-6-19(18(28)10-15)33-24-23(25(34)26(24)35)32-13-14-4-2-3-8-30-14/h2-12,32-33H,13H2,1H3,(H2,29,36). The number of hydrogen-bond donors (Lipinski definition) is 3. The van der Waals surface area contributed by atoms with Crippen LogP contribution in [0.1, 0.15) is 16.1 Å². The smallest absolute Gasteiger partial charge is 0.253 e. The van der Waals surface area contributed by atoms with Gasteiger partial charge in [0.2, 0.25) is 0 Å². The minimum absolute atomic E-state index is 0.120. The second-order valence-corrected chi connectivity index (χ2v) is 8.60. The van der Waals surface area contributed by atoms with Gasteiger partial charge in [0.25, 0.3) is 16.8 Å². The monoisotopic (exact) mass is 529 g/mol. The SMILES string of the molecule is COc1cc2nccc(Oc3ccc(Nc4c(NCc5ccccn5)c(=O)c4=O)c(Cl)c3)c2cc1C(N)=O. The summed E-state index contributed by atoms with van der Waals surface area (Å²) in [4.78, 5) is 44.7. The first-order chi connectivity index (χ1) is 18.4. The van der Waals surface area contributed by atoms with Gasteiger partial charge in [0.1, 0.15) is 28.6 Å². The van der Waals surface area contributed by atoms with Gasteiger partial charge in [-0.05, 0) is 36.4 Å². The van der Waals surface area contributed by atoms with Crippen molar-refractivity contribution in [2.45, 2.75) is 6.54 Å². The van der Waals surface area contributed by atoms with Crippen LogP contribution >= 0.6 is 11.6 Å². The molecule has 0 saturated carbocycles. The van der Waals surface area contributed by atoms with E-state index in [-0.39, 0.29) is 28.5 Å². The third-order valence-corrected chi connectivity index (χ3v) is 6.11. The van der Waals surface area contributed by atoms with Crippen LogP contribution in [-0.2, 0) is 6.54 Å². The Morgan fingerprint density at radius 2 is 1.79 bits per heavy atom. The van der Waals surface area contributed by atoms with E-state index in [0.29, 0.717) is 33.8 Å². The topological polar surface area (TPSA) is 146 Å². The van der Waals surface area contributed by atoms with Crippen molar-refractivity contribution in [1.82, 2.24) is 9.97 Å². The maximum atomic E-state index is 12.2. The molecule has 0 saturated heterocycles. The maximum Gasteiger partial charge on any atom is 0.253 e. The van der Waals surface area contributed by atoms with Crippen molar-refractivity contribution in [3.05, 3.63) is 104 Å². The lowest BCUT2D eigenvalue weighted by molar-refractivity contribution is 0.0997. The molecule has 2 aromatic heterocycles. The lowest BCUT2D eigenvalue weighted by Gasteiger charge is -2.16. The van der Waals surface area contributed by atoms with E-state index in [0.717, 1.165) is 5.69 Å². The molecule has 2 heterocycles. The first-order valence-electron chi connectivity index (χ1n) is 11.3.